The maximum Gasteiger partial charge on any atom is 0.228 e. The van der Waals surface area contributed by atoms with Crippen LogP contribution in [0.2, 0.25) is 0 Å². The molecule has 1 aliphatic heterocycles. The molecule has 3 aromatic rings. The highest BCUT2D eigenvalue weighted by atomic mass is 32.1. The molecule has 172 valence electrons. The molecule has 8 nitrogen and oxygen atoms in total. The van der Waals surface area contributed by atoms with Gasteiger partial charge in [-0.25, -0.2) is 9.97 Å². The van der Waals surface area contributed by atoms with Crippen LogP contribution in [0.3, 0.4) is 0 Å². The van der Waals surface area contributed by atoms with Crippen LogP contribution in [0.1, 0.15) is 56.0 Å². The lowest BCUT2D eigenvalue weighted by atomic mass is 10.1. The molecule has 2 aliphatic rings. The number of H-pyrrole nitrogens is 1. The van der Waals surface area contributed by atoms with E-state index in [9.17, 15) is 4.39 Å². The molecular weight excluding hydrogens is 439 g/mol. The Bertz CT molecular complexity index is 1160. The van der Waals surface area contributed by atoms with Crippen LogP contribution in [-0.2, 0) is 12.8 Å². The van der Waals surface area contributed by atoms with Crippen molar-refractivity contribution >= 4 is 40.5 Å². The van der Waals surface area contributed by atoms with E-state index < -0.39 is 5.95 Å². The minimum atomic E-state index is -0.516. The standard InChI is InChI=1S/C23H27FN8S/c1-13(2)17-11-20(31-30-17)28-21-15-5-3-6-16(15)27-23(29-21)32-10-4-7-18(32)22(33)26-14-8-9-19(24)25-12-14/h8-9,11-13,18H,3-7,10H2,1-2H3,(H,26,33)(H2,27,28,29,30,31)/t18-/m0/s1. The van der Waals surface area contributed by atoms with Crippen molar-refractivity contribution in [2.45, 2.75) is 57.9 Å². The van der Waals surface area contributed by atoms with Crippen LogP contribution in [0, 0.1) is 5.95 Å². The van der Waals surface area contributed by atoms with Gasteiger partial charge < -0.3 is 15.5 Å². The predicted molar refractivity (Wildman–Crippen MR) is 131 cm³/mol. The normalized spacial score (nSPS) is 17.5. The summed E-state index contributed by atoms with van der Waals surface area (Å²) in [6.45, 7) is 5.08. The zero-order valence-electron chi connectivity index (χ0n) is 18.7. The van der Waals surface area contributed by atoms with Gasteiger partial charge in [-0.15, -0.1) is 0 Å². The van der Waals surface area contributed by atoms with Gasteiger partial charge in [-0.1, -0.05) is 26.1 Å². The van der Waals surface area contributed by atoms with Crippen molar-refractivity contribution in [3.05, 3.63) is 47.3 Å². The van der Waals surface area contributed by atoms with Crippen LogP contribution in [0.4, 0.5) is 27.7 Å². The van der Waals surface area contributed by atoms with Gasteiger partial charge in [0.1, 0.15) is 10.8 Å². The molecule has 33 heavy (non-hydrogen) atoms. The van der Waals surface area contributed by atoms with Crippen molar-refractivity contribution in [2.75, 3.05) is 22.1 Å². The van der Waals surface area contributed by atoms with E-state index in [-0.39, 0.29) is 6.04 Å². The van der Waals surface area contributed by atoms with Crippen LogP contribution in [0.15, 0.2) is 24.4 Å². The fourth-order valence-corrected chi connectivity index (χ4v) is 4.79. The van der Waals surface area contributed by atoms with Gasteiger partial charge in [-0.3, -0.25) is 5.10 Å². The molecule has 3 aromatic heterocycles. The lowest BCUT2D eigenvalue weighted by molar-refractivity contribution is 0.584. The number of aryl methyl sites for hydroxylation is 1. The third kappa shape index (κ3) is 4.52. The number of halogens is 1. The van der Waals surface area contributed by atoms with Crippen LogP contribution < -0.4 is 15.5 Å². The highest BCUT2D eigenvalue weighted by Crippen LogP contribution is 2.33. The van der Waals surface area contributed by atoms with Crippen LogP contribution in [0.5, 0.6) is 0 Å². The molecule has 1 atom stereocenters. The third-order valence-electron chi connectivity index (χ3n) is 6.19. The number of hydrogen-bond donors (Lipinski definition) is 3. The molecule has 1 fully saturated rings. The summed E-state index contributed by atoms with van der Waals surface area (Å²) < 4.78 is 13.1. The SMILES string of the molecule is CC(C)c1cc(Nc2nc(N3CCC[C@H]3C(=S)Nc3ccc(F)nc3)nc3c2CCC3)n[nH]1. The Morgan fingerprint density at radius 3 is 2.88 bits per heavy atom. The summed E-state index contributed by atoms with van der Waals surface area (Å²) in [5.41, 5.74) is 4.01. The van der Waals surface area contributed by atoms with E-state index in [1.165, 1.54) is 17.8 Å². The fraction of sp³-hybridized carbons (Fsp3) is 0.435. The zero-order chi connectivity index (χ0) is 22.9. The Hall–Kier alpha value is -3.14. The Morgan fingerprint density at radius 1 is 1.24 bits per heavy atom. The lowest BCUT2D eigenvalue weighted by Gasteiger charge is -2.27. The lowest BCUT2D eigenvalue weighted by Crippen LogP contribution is -2.39. The van der Waals surface area contributed by atoms with Crippen molar-refractivity contribution in [2.24, 2.45) is 0 Å². The highest BCUT2D eigenvalue weighted by Gasteiger charge is 2.32. The molecule has 0 spiro atoms. The minimum Gasteiger partial charge on any atom is -0.347 e. The third-order valence-corrected chi connectivity index (χ3v) is 6.57. The molecule has 0 radical (unpaired) electrons. The second-order valence-corrected chi connectivity index (χ2v) is 9.29. The summed E-state index contributed by atoms with van der Waals surface area (Å²) in [7, 11) is 0. The van der Waals surface area contributed by atoms with Gasteiger partial charge in [0.05, 0.1) is 23.6 Å². The summed E-state index contributed by atoms with van der Waals surface area (Å²) in [5, 5.41) is 14.1. The second kappa shape index (κ2) is 9.01. The number of nitrogens with zero attached hydrogens (tertiary/aromatic N) is 5. The van der Waals surface area contributed by atoms with Gasteiger partial charge in [0.15, 0.2) is 5.82 Å². The van der Waals surface area contributed by atoms with Crippen molar-refractivity contribution in [1.29, 1.82) is 0 Å². The molecule has 0 amide bonds. The van der Waals surface area contributed by atoms with E-state index in [0.29, 0.717) is 22.5 Å². The largest absolute Gasteiger partial charge is 0.347 e. The molecule has 0 aromatic carbocycles. The average molecular weight is 467 g/mol. The summed E-state index contributed by atoms with van der Waals surface area (Å²) in [6, 6.07) is 4.95. The minimum absolute atomic E-state index is 0.0321. The zero-order valence-corrected chi connectivity index (χ0v) is 19.5. The molecule has 5 rings (SSSR count). The summed E-state index contributed by atoms with van der Waals surface area (Å²) in [6.07, 6.45) is 6.32. The van der Waals surface area contributed by atoms with Gasteiger partial charge in [0, 0.05) is 23.9 Å². The maximum absolute atomic E-state index is 13.1. The molecule has 0 unspecified atom stereocenters. The topological polar surface area (TPSA) is 94.7 Å². The smallest absolute Gasteiger partial charge is 0.228 e. The number of aromatic amines is 1. The van der Waals surface area contributed by atoms with E-state index in [1.807, 2.05) is 6.07 Å². The molecule has 4 heterocycles. The first kappa shape index (κ1) is 21.7. The van der Waals surface area contributed by atoms with Crippen LogP contribution in [-0.4, -0.2) is 42.7 Å². The van der Waals surface area contributed by atoms with Gasteiger partial charge in [0.2, 0.25) is 11.9 Å². The van der Waals surface area contributed by atoms with Crippen LogP contribution in [0.25, 0.3) is 0 Å². The highest BCUT2D eigenvalue weighted by molar-refractivity contribution is 7.80. The monoisotopic (exact) mass is 466 g/mol. The number of thiocarbonyl (C=S) groups is 1. The summed E-state index contributed by atoms with van der Waals surface area (Å²) in [5.74, 6) is 2.12. The second-order valence-electron chi connectivity index (χ2n) is 8.85. The number of fused-ring (bicyclic) bond motifs is 1. The van der Waals surface area contributed by atoms with Gasteiger partial charge >= 0.3 is 0 Å². The molecule has 1 saturated heterocycles. The predicted octanol–water partition coefficient (Wildman–Crippen LogP) is 4.50. The van der Waals surface area contributed by atoms with Crippen molar-refractivity contribution < 1.29 is 4.39 Å². The molecular formula is C23H27FN8S. The quantitative estimate of drug-likeness (QED) is 0.361. The number of nitrogens with one attached hydrogen (secondary N) is 3. The molecule has 0 bridgehead atoms. The van der Waals surface area contributed by atoms with Crippen molar-refractivity contribution in [1.82, 2.24) is 25.1 Å². The van der Waals surface area contributed by atoms with E-state index in [1.54, 1.807) is 6.07 Å². The molecule has 1 aliphatic carbocycles. The first-order valence-corrected chi connectivity index (χ1v) is 11.8. The van der Waals surface area contributed by atoms with E-state index in [0.717, 1.165) is 61.7 Å². The van der Waals surface area contributed by atoms with Crippen molar-refractivity contribution in [3.63, 3.8) is 0 Å². The Morgan fingerprint density at radius 2 is 2.12 bits per heavy atom. The maximum atomic E-state index is 13.1. The first-order valence-electron chi connectivity index (χ1n) is 11.4. The van der Waals surface area contributed by atoms with E-state index in [2.05, 4.69) is 44.6 Å². The van der Waals surface area contributed by atoms with Gasteiger partial charge in [0.25, 0.3) is 0 Å². The fourth-order valence-electron chi connectivity index (χ4n) is 4.42. The van der Waals surface area contributed by atoms with Crippen molar-refractivity contribution in [3.8, 4) is 0 Å². The summed E-state index contributed by atoms with van der Waals surface area (Å²) >= 11 is 5.71. The number of pyridine rings is 1. The number of anilines is 4. The first-order chi connectivity index (χ1) is 16.0. The average Bonchev–Trinajstić information content (AvgIpc) is 3.55. The van der Waals surface area contributed by atoms with Gasteiger partial charge in [-0.2, -0.15) is 14.5 Å². The molecule has 0 saturated carbocycles. The number of aromatic nitrogens is 5. The van der Waals surface area contributed by atoms with E-state index in [4.69, 9.17) is 22.2 Å². The Balaban J connectivity index is 1.40. The Kier molecular flexibility index (Phi) is 5.92. The van der Waals surface area contributed by atoms with E-state index >= 15 is 0 Å². The Labute approximate surface area is 197 Å². The van der Waals surface area contributed by atoms with Crippen LogP contribution >= 0.6 is 12.2 Å². The van der Waals surface area contributed by atoms with Gasteiger partial charge in [-0.05, 0) is 50.2 Å². The summed E-state index contributed by atoms with van der Waals surface area (Å²) in [4.78, 5) is 16.4. The molecule has 10 heteroatoms. The number of hydrogen-bond acceptors (Lipinski definition) is 7. The number of rotatable bonds is 6. The molecule has 3 N–H and O–H groups in total.